The van der Waals surface area contributed by atoms with Crippen LogP contribution in [0.1, 0.15) is 30.0 Å². The van der Waals surface area contributed by atoms with E-state index in [4.69, 9.17) is 19.1 Å². The van der Waals surface area contributed by atoms with E-state index < -0.39 is 12.1 Å². The largest absolute Gasteiger partial charge is 0.490 e. The maximum atomic E-state index is 12.7. The average molecular weight is 539 g/mol. The number of aromatic nitrogens is 4. The van der Waals surface area contributed by atoms with Crippen LogP contribution in [-0.2, 0) is 14.3 Å². The Morgan fingerprint density at radius 1 is 1.16 bits per heavy atom. The Balaban J connectivity index is 0.000000505. The number of anilines is 1. The third-order valence-electron chi connectivity index (χ3n) is 5.65. The van der Waals surface area contributed by atoms with Gasteiger partial charge in [-0.3, -0.25) is 9.69 Å². The van der Waals surface area contributed by atoms with Gasteiger partial charge in [0.05, 0.1) is 18.3 Å². The van der Waals surface area contributed by atoms with Gasteiger partial charge in [-0.2, -0.15) is 18.3 Å². The molecule has 0 radical (unpaired) electrons. The van der Waals surface area contributed by atoms with Gasteiger partial charge in [0.1, 0.15) is 11.6 Å². The molecule has 4 rings (SSSR count). The van der Waals surface area contributed by atoms with Crippen LogP contribution in [-0.4, -0.2) is 80.7 Å². The van der Waals surface area contributed by atoms with E-state index in [0.717, 1.165) is 43.1 Å². The maximum absolute atomic E-state index is 12.7. The molecule has 206 valence electrons. The molecule has 3 aromatic rings. The molecule has 0 aromatic carbocycles. The number of piperidine rings is 1. The number of carbonyl (C=O) groups excluding carboxylic acids is 1. The number of carboxylic acid groups (broad SMARTS) is 1. The van der Waals surface area contributed by atoms with Gasteiger partial charge in [-0.1, -0.05) is 0 Å². The summed E-state index contributed by atoms with van der Waals surface area (Å²) < 4.78 is 44.6. The molecule has 0 saturated carbocycles. The zero-order chi connectivity index (χ0) is 28.0. The number of likely N-dealkylation sites (tertiary alicyclic amines) is 1. The third-order valence-corrected chi connectivity index (χ3v) is 5.65. The Labute approximate surface area is 216 Å². The first-order valence-corrected chi connectivity index (χ1v) is 11.7. The van der Waals surface area contributed by atoms with Gasteiger partial charge in [-0.25, -0.2) is 19.4 Å². The second kappa shape index (κ2) is 12.2. The van der Waals surface area contributed by atoms with Crippen molar-refractivity contribution >= 4 is 17.7 Å². The zero-order valence-electron chi connectivity index (χ0n) is 21.4. The van der Waals surface area contributed by atoms with Crippen molar-refractivity contribution in [3.8, 4) is 17.4 Å². The molecule has 14 heteroatoms. The number of alkyl halides is 3. The predicted octanol–water partition coefficient (Wildman–Crippen LogP) is 3.53. The second-order valence-corrected chi connectivity index (χ2v) is 8.75. The first-order chi connectivity index (χ1) is 17.8. The smallest absolute Gasteiger partial charge is 0.475 e. The lowest BCUT2D eigenvalue weighted by Gasteiger charge is -2.30. The normalized spacial score (nSPS) is 14.6. The fraction of sp³-hybridized carbons (Fsp3) is 0.458. The molecule has 0 spiro atoms. The number of hydrogen-bond acceptors (Lipinski definition) is 8. The van der Waals surface area contributed by atoms with Crippen LogP contribution in [0.2, 0.25) is 0 Å². The maximum Gasteiger partial charge on any atom is 0.490 e. The molecule has 1 fully saturated rings. The molecule has 3 aromatic heterocycles. The number of nitrogens with zero attached hydrogens (tertiary/aromatic N) is 5. The molecule has 0 bridgehead atoms. The van der Waals surface area contributed by atoms with Crippen molar-refractivity contribution in [2.75, 3.05) is 32.1 Å². The minimum atomic E-state index is -5.08. The first kappa shape index (κ1) is 28.8. The van der Waals surface area contributed by atoms with Crippen molar-refractivity contribution < 1.29 is 37.0 Å². The third kappa shape index (κ3) is 7.86. The minimum absolute atomic E-state index is 0.115. The number of carbonyl (C=O) groups is 2. The van der Waals surface area contributed by atoms with Crippen molar-refractivity contribution in [2.45, 2.75) is 45.9 Å². The van der Waals surface area contributed by atoms with Crippen LogP contribution in [0.25, 0.3) is 17.4 Å². The van der Waals surface area contributed by atoms with E-state index in [1.165, 1.54) is 0 Å². The fourth-order valence-corrected chi connectivity index (χ4v) is 3.82. The van der Waals surface area contributed by atoms with Crippen LogP contribution in [0, 0.1) is 20.8 Å². The average Bonchev–Trinajstić information content (AvgIpc) is 3.43. The highest BCUT2D eigenvalue weighted by Gasteiger charge is 2.38. The number of ether oxygens (including phenoxy) is 1. The SMILES string of the molecule is COC1CCN(CC(=O)Nc2cc(-n3nc(C)cc3C)nc(-c3ccc(C)o3)n2)CC1.O=C(O)C(F)(F)F. The van der Waals surface area contributed by atoms with Crippen LogP contribution >= 0.6 is 0 Å². The Kier molecular flexibility index (Phi) is 9.22. The second-order valence-electron chi connectivity index (χ2n) is 8.75. The monoisotopic (exact) mass is 538 g/mol. The molecule has 11 nitrogen and oxygen atoms in total. The zero-order valence-corrected chi connectivity index (χ0v) is 21.4. The van der Waals surface area contributed by atoms with Crippen LogP contribution in [0.5, 0.6) is 0 Å². The fourth-order valence-electron chi connectivity index (χ4n) is 3.82. The molecule has 0 unspecified atom stereocenters. The highest BCUT2D eigenvalue weighted by atomic mass is 19.4. The van der Waals surface area contributed by atoms with Crippen molar-refractivity contribution in [1.82, 2.24) is 24.6 Å². The van der Waals surface area contributed by atoms with Gasteiger partial charge in [0.2, 0.25) is 5.91 Å². The molecular formula is C24H29F3N6O5. The first-order valence-electron chi connectivity index (χ1n) is 11.7. The van der Waals surface area contributed by atoms with Gasteiger partial charge in [0.15, 0.2) is 17.4 Å². The highest BCUT2D eigenvalue weighted by Crippen LogP contribution is 2.23. The summed E-state index contributed by atoms with van der Waals surface area (Å²) in [5.41, 5.74) is 1.83. The van der Waals surface area contributed by atoms with Crippen LogP contribution < -0.4 is 5.32 Å². The summed E-state index contributed by atoms with van der Waals surface area (Å²) in [5.74, 6) is -0.185. The number of methoxy groups -OCH3 is 1. The van der Waals surface area contributed by atoms with Crippen LogP contribution in [0.4, 0.5) is 19.0 Å². The summed E-state index contributed by atoms with van der Waals surface area (Å²) in [6.45, 7) is 7.74. The van der Waals surface area contributed by atoms with Crippen molar-refractivity contribution in [1.29, 1.82) is 0 Å². The lowest BCUT2D eigenvalue weighted by Crippen LogP contribution is -2.41. The van der Waals surface area contributed by atoms with E-state index in [1.807, 2.05) is 39.0 Å². The molecular weight excluding hydrogens is 509 g/mol. The topological polar surface area (TPSA) is 136 Å². The number of nitrogens with one attached hydrogen (secondary N) is 1. The number of halogens is 3. The minimum Gasteiger partial charge on any atom is -0.475 e. The number of hydrogen-bond donors (Lipinski definition) is 2. The number of aryl methyl sites for hydroxylation is 3. The molecule has 1 aliphatic rings. The van der Waals surface area contributed by atoms with E-state index in [2.05, 4.69) is 25.3 Å². The lowest BCUT2D eigenvalue weighted by molar-refractivity contribution is -0.192. The number of amides is 1. The van der Waals surface area contributed by atoms with E-state index >= 15 is 0 Å². The summed E-state index contributed by atoms with van der Waals surface area (Å²) in [6, 6.07) is 7.38. The molecule has 1 aliphatic heterocycles. The lowest BCUT2D eigenvalue weighted by atomic mass is 10.1. The van der Waals surface area contributed by atoms with Gasteiger partial charge < -0.3 is 19.6 Å². The Morgan fingerprint density at radius 2 is 1.82 bits per heavy atom. The molecule has 0 atom stereocenters. The number of carboxylic acids is 1. The molecule has 0 aliphatic carbocycles. The van der Waals surface area contributed by atoms with Gasteiger partial charge in [0.25, 0.3) is 0 Å². The van der Waals surface area contributed by atoms with Gasteiger partial charge >= 0.3 is 12.1 Å². The highest BCUT2D eigenvalue weighted by molar-refractivity contribution is 5.91. The number of rotatable bonds is 6. The van der Waals surface area contributed by atoms with Crippen molar-refractivity contribution in [3.05, 3.63) is 41.4 Å². The van der Waals surface area contributed by atoms with E-state index in [9.17, 15) is 18.0 Å². The van der Waals surface area contributed by atoms with E-state index in [-0.39, 0.29) is 12.0 Å². The molecule has 1 amide bonds. The summed E-state index contributed by atoms with van der Waals surface area (Å²) in [6.07, 6.45) is -2.94. The Morgan fingerprint density at radius 3 is 2.32 bits per heavy atom. The van der Waals surface area contributed by atoms with E-state index in [1.54, 1.807) is 17.9 Å². The van der Waals surface area contributed by atoms with E-state index in [0.29, 0.717) is 29.8 Å². The Bertz CT molecular complexity index is 1260. The van der Waals surface area contributed by atoms with Crippen LogP contribution in [0.3, 0.4) is 0 Å². The molecule has 4 heterocycles. The quantitative estimate of drug-likeness (QED) is 0.483. The molecule has 1 saturated heterocycles. The van der Waals surface area contributed by atoms with Crippen molar-refractivity contribution in [3.63, 3.8) is 0 Å². The predicted molar refractivity (Wildman–Crippen MR) is 130 cm³/mol. The standard InChI is InChI=1S/C22H28N6O3.C2HF3O2/c1-14-11-15(2)28(26-14)20-12-19(24-22(25-20)18-6-5-16(3)31-18)23-21(29)13-27-9-7-17(30-4)8-10-27;3-2(4,5)1(6)7/h5-6,11-12,17H,7-10,13H2,1-4H3,(H,23,24,25,29);(H,6,7). The number of furan rings is 1. The van der Waals surface area contributed by atoms with Gasteiger partial charge in [0, 0.05) is 32.0 Å². The van der Waals surface area contributed by atoms with Crippen LogP contribution in [0.15, 0.2) is 28.7 Å². The molecule has 38 heavy (non-hydrogen) atoms. The summed E-state index contributed by atoms with van der Waals surface area (Å²) in [5, 5.41) is 14.6. The summed E-state index contributed by atoms with van der Waals surface area (Å²) in [7, 11) is 1.74. The van der Waals surface area contributed by atoms with Gasteiger partial charge in [-0.15, -0.1) is 0 Å². The molecule has 2 N–H and O–H groups in total. The number of aliphatic carboxylic acids is 1. The summed E-state index contributed by atoms with van der Waals surface area (Å²) in [4.78, 5) is 32.9. The Hall–Kier alpha value is -3.78. The van der Waals surface area contributed by atoms with Crippen molar-refractivity contribution in [2.24, 2.45) is 0 Å². The summed E-state index contributed by atoms with van der Waals surface area (Å²) >= 11 is 0. The van der Waals surface area contributed by atoms with Gasteiger partial charge in [-0.05, 0) is 51.8 Å².